The molecule has 0 aromatic heterocycles. The second-order valence-corrected chi connectivity index (χ2v) is 3.10. The minimum absolute atomic E-state index is 0.361. The van der Waals surface area contributed by atoms with E-state index in [0.29, 0.717) is 5.41 Å². The first-order valence-electron chi connectivity index (χ1n) is 3.14. The van der Waals surface area contributed by atoms with E-state index in [1.807, 2.05) is 6.08 Å². The molecule has 1 saturated carbocycles. The van der Waals surface area contributed by atoms with Crippen LogP contribution in [0.15, 0.2) is 12.7 Å². The monoisotopic (exact) mass is 109 g/mol. The minimum Gasteiger partial charge on any atom is -0.103 e. The van der Waals surface area contributed by atoms with Gasteiger partial charge in [0.05, 0.1) is 0 Å². The van der Waals surface area contributed by atoms with E-state index < -0.39 is 0 Å². The Morgan fingerprint density at radius 2 is 2.25 bits per heavy atom. The topological polar surface area (TPSA) is 0 Å². The summed E-state index contributed by atoms with van der Waals surface area (Å²) in [6.07, 6.45) is 5.67. The van der Waals surface area contributed by atoms with Crippen LogP contribution in [0.3, 0.4) is 0 Å². The third kappa shape index (κ3) is 0.936. The highest BCUT2D eigenvalue weighted by molar-refractivity contribution is 5.08. The summed E-state index contributed by atoms with van der Waals surface area (Å²) in [5, 5.41) is 0. The first-order valence-corrected chi connectivity index (χ1v) is 3.14. The van der Waals surface area contributed by atoms with Gasteiger partial charge in [-0.05, 0) is 24.2 Å². The maximum Gasteiger partial charge on any atom is -0.0146 e. The molecule has 0 N–H and O–H groups in total. The molecule has 1 radical (unpaired) electrons. The van der Waals surface area contributed by atoms with E-state index in [9.17, 15) is 0 Å². The summed E-state index contributed by atoms with van der Waals surface area (Å²) in [5.74, 6) is 0.819. The normalized spacial score (nSPS) is 20.8. The SMILES string of the molecule is C=CC(C)(C)C1[CH]C1. The number of allylic oxidation sites excluding steroid dienone is 1. The summed E-state index contributed by atoms with van der Waals surface area (Å²) in [6, 6.07) is 0. The van der Waals surface area contributed by atoms with Gasteiger partial charge >= 0.3 is 0 Å². The zero-order valence-corrected chi connectivity index (χ0v) is 5.65. The van der Waals surface area contributed by atoms with Crippen molar-refractivity contribution in [3.63, 3.8) is 0 Å². The van der Waals surface area contributed by atoms with Gasteiger partial charge in [-0.2, -0.15) is 0 Å². The Bertz CT molecular complexity index is 96.6. The van der Waals surface area contributed by atoms with E-state index in [4.69, 9.17) is 0 Å². The molecular weight excluding hydrogens is 96.1 g/mol. The maximum absolute atomic E-state index is 3.77. The third-order valence-electron chi connectivity index (χ3n) is 1.95. The Morgan fingerprint density at radius 3 is 2.38 bits per heavy atom. The molecular formula is C8H13. The highest BCUT2D eigenvalue weighted by atomic mass is 14.4. The van der Waals surface area contributed by atoms with Crippen molar-refractivity contribution in [2.45, 2.75) is 20.3 Å². The van der Waals surface area contributed by atoms with Crippen molar-refractivity contribution in [3.8, 4) is 0 Å². The van der Waals surface area contributed by atoms with Crippen LogP contribution >= 0.6 is 0 Å². The summed E-state index contributed by atoms with van der Waals surface area (Å²) in [5.41, 5.74) is 0.361. The van der Waals surface area contributed by atoms with Gasteiger partial charge < -0.3 is 0 Å². The van der Waals surface area contributed by atoms with Gasteiger partial charge in [0.25, 0.3) is 0 Å². The second kappa shape index (κ2) is 1.61. The quantitative estimate of drug-likeness (QED) is 0.478. The van der Waals surface area contributed by atoms with Crippen LogP contribution in [0.4, 0.5) is 0 Å². The zero-order chi connectivity index (χ0) is 6.20. The van der Waals surface area contributed by atoms with E-state index in [2.05, 4.69) is 26.8 Å². The molecule has 8 heavy (non-hydrogen) atoms. The Hall–Kier alpha value is -0.260. The number of hydrogen-bond donors (Lipinski definition) is 0. The van der Waals surface area contributed by atoms with Crippen molar-refractivity contribution < 1.29 is 0 Å². The van der Waals surface area contributed by atoms with E-state index in [0.717, 1.165) is 5.92 Å². The lowest BCUT2D eigenvalue weighted by atomic mass is 9.88. The molecule has 0 aliphatic heterocycles. The van der Waals surface area contributed by atoms with Crippen LogP contribution in [0.25, 0.3) is 0 Å². The first kappa shape index (κ1) is 5.87. The number of hydrogen-bond acceptors (Lipinski definition) is 0. The molecule has 1 aliphatic carbocycles. The fraction of sp³-hybridized carbons (Fsp3) is 0.625. The smallest absolute Gasteiger partial charge is 0.0146 e. The average Bonchev–Trinajstić information content (AvgIpc) is 2.44. The maximum atomic E-state index is 3.77. The summed E-state index contributed by atoms with van der Waals surface area (Å²) in [4.78, 5) is 0. The molecule has 1 fully saturated rings. The van der Waals surface area contributed by atoms with Crippen molar-refractivity contribution in [2.75, 3.05) is 0 Å². The van der Waals surface area contributed by atoms with Crippen molar-refractivity contribution in [1.29, 1.82) is 0 Å². The van der Waals surface area contributed by atoms with Crippen molar-refractivity contribution in [2.24, 2.45) is 11.3 Å². The van der Waals surface area contributed by atoms with Gasteiger partial charge in [0.1, 0.15) is 0 Å². The Labute approximate surface area is 51.6 Å². The van der Waals surface area contributed by atoms with Crippen molar-refractivity contribution in [1.82, 2.24) is 0 Å². The molecule has 0 bridgehead atoms. The molecule has 0 saturated heterocycles. The van der Waals surface area contributed by atoms with Gasteiger partial charge in [0.2, 0.25) is 0 Å². The van der Waals surface area contributed by atoms with Crippen LogP contribution in [0.2, 0.25) is 0 Å². The lowest BCUT2D eigenvalue weighted by molar-refractivity contribution is 0.424. The van der Waals surface area contributed by atoms with Crippen LogP contribution in [0, 0.1) is 17.8 Å². The van der Waals surface area contributed by atoms with E-state index >= 15 is 0 Å². The van der Waals surface area contributed by atoms with Crippen LogP contribution in [0.5, 0.6) is 0 Å². The highest BCUT2D eigenvalue weighted by Crippen LogP contribution is 2.44. The molecule has 0 spiro atoms. The average molecular weight is 109 g/mol. The zero-order valence-electron chi connectivity index (χ0n) is 5.65. The summed E-state index contributed by atoms with van der Waals surface area (Å²) in [7, 11) is 0. The molecule has 1 aliphatic rings. The largest absolute Gasteiger partial charge is 0.103 e. The lowest BCUT2D eigenvalue weighted by Crippen LogP contribution is -2.08. The minimum atomic E-state index is 0.361. The molecule has 0 amide bonds. The molecule has 1 atom stereocenters. The van der Waals surface area contributed by atoms with Gasteiger partial charge in [-0.1, -0.05) is 19.9 Å². The molecule has 0 nitrogen and oxygen atoms in total. The van der Waals surface area contributed by atoms with Gasteiger partial charge in [-0.15, -0.1) is 6.58 Å². The van der Waals surface area contributed by atoms with Crippen LogP contribution < -0.4 is 0 Å². The lowest BCUT2D eigenvalue weighted by Gasteiger charge is -2.17. The van der Waals surface area contributed by atoms with E-state index in [1.165, 1.54) is 6.42 Å². The van der Waals surface area contributed by atoms with Gasteiger partial charge in [-0.3, -0.25) is 0 Å². The summed E-state index contributed by atoms with van der Waals surface area (Å²) in [6.45, 7) is 8.23. The molecule has 1 unspecified atom stereocenters. The fourth-order valence-electron chi connectivity index (χ4n) is 0.827. The fourth-order valence-corrected chi connectivity index (χ4v) is 0.827. The standard InChI is InChI=1S/C8H13/c1-4-8(2,3)7-5-6-7/h4-5,7H,1,6H2,2-3H3. The molecule has 0 aromatic carbocycles. The van der Waals surface area contributed by atoms with Gasteiger partial charge in [0, 0.05) is 0 Å². The Kier molecular flexibility index (Phi) is 1.18. The predicted octanol–water partition coefficient (Wildman–Crippen LogP) is 2.42. The Balaban J connectivity index is 2.49. The van der Waals surface area contributed by atoms with Crippen molar-refractivity contribution >= 4 is 0 Å². The van der Waals surface area contributed by atoms with E-state index in [1.54, 1.807) is 0 Å². The number of rotatable bonds is 2. The van der Waals surface area contributed by atoms with Crippen LogP contribution in [0.1, 0.15) is 20.3 Å². The third-order valence-corrected chi connectivity index (χ3v) is 1.95. The summed E-state index contributed by atoms with van der Waals surface area (Å²) >= 11 is 0. The van der Waals surface area contributed by atoms with Crippen LogP contribution in [-0.4, -0.2) is 0 Å². The molecule has 45 valence electrons. The first-order chi connectivity index (χ1) is 3.67. The highest BCUT2D eigenvalue weighted by Gasteiger charge is 2.35. The molecule has 0 heteroatoms. The molecule has 1 rings (SSSR count). The van der Waals surface area contributed by atoms with Crippen molar-refractivity contribution in [3.05, 3.63) is 19.1 Å². The van der Waals surface area contributed by atoms with Gasteiger partial charge in [-0.25, -0.2) is 0 Å². The predicted molar refractivity (Wildman–Crippen MR) is 36.4 cm³/mol. The molecule has 0 aromatic rings. The summed E-state index contributed by atoms with van der Waals surface area (Å²) < 4.78 is 0. The van der Waals surface area contributed by atoms with E-state index in [-0.39, 0.29) is 0 Å². The van der Waals surface area contributed by atoms with Crippen LogP contribution in [-0.2, 0) is 0 Å². The molecule has 0 heterocycles. The Morgan fingerprint density at radius 1 is 1.75 bits per heavy atom. The second-order valence-electron chi connectivity index (χ2n) is 3.10. The van der Waals surface area contributed by atoms with Gasteiger partial charge in [0.15, 0.2) is 0 Å².